The first-order chi connectivity index (χ1) is 18.5. The number of nitrogens with zero attached hydrogens (tertiary/aromatic N) is 6. The maximum atomic E-state index is 13.9. The van der Waals surface area contributed by atoms with Crippen LogP contribution in [0.4, 0.5) is 4.79 Å². The normalized spacial score (nSPS) is 19.6. The minimum atomic E-state index is -0.986. The minimum absolute atomic E-state index is 0.309. The van der Waals surface area contributed by atoms with Gasteiger partial charge in [0.05, 0.1) is 17.8 Å². The van der Waals surface area contributed by atoms with Crippen molar-refractivity contribution in [2.24, 2.45) is 11.7 Å². The Balaban J connectivity index is 1.57. The summed E-state index contributed by atoms with van der Waals surface area (Å²) in [5.41, 5.74) is 6.97. The molecule has 2 atom stereocenters. The van der Waals surface area contributed by atoms with Gasteiger partial charge in [0.25, 0.3) is 11.8 Å². The number of amides is 3. The van der Waals surface area contributed by atoms with Crippen LogP contribution in [0.5, 0.6) is 0 Å². The molecule has 2 aromatic rings. The monoisotopic (exact) mass is 559 g/mol. The number of imide groups is 3. The van der Waals surface area contributed by atoms with Crippen LogP contribution in [0.3, 0.4) is 0 Å². The van der Waals surface area contributed by atoms with E-state index in [2.05, 4.69) is 15.5 Å². The van der Waals surface area contributed by atoms with E-state index in [1.54, 1.807) is 32.9 Å². The molecule has 3 amide bonds. The van der Waals surface area contributed by atoms with Crippen molar-refractivity contribution in [2.45, 2.75) is 96.4 Å². The van der Waals surface area contributed by atoms with Gasteiger partial charge in [-0.25, -0.2) is 9.48 Å². The van der Waals surface area contributed by atoms with Crippen molar-refractivity contribution in [3.05, 3.63) is 35.1 Å². The Bertz CT molecular complexity index is 1160. The maximum Gasteiger partial charge on any atom is 0.424 e. The molecule has 1 aliphatic heterocycles. The standard InChI is InChI=1S/C27H38ClN7O4/c1-27(2,3)39-26(38)35(24(36)21(29)14-18-8-5-4-6-9-18)25(37)23-10-7-13-33(23)16-19-15-20(28)11-12-22(19)34-17-30-31-32-34/h11-12,15,17-18,21,23H,4-10,13-14,16,29H2,1-3H3/t21-,23+/m1/s1. The summed E-state index contributed by atoms with van der Waals surface area (Å²) in [6.45, 7) is 6.03. The topological polar surface area (TPSA) is 137 Å². The number of benzene rings is 1. The summed E-state index contributed by atoms with van der Waals surface area (Å²) in [6, 6.07) is 3.69. The van der Waals surface area contributed by atoms with Gasteiger partial charge in [0, 0.05) is 11.6 Å². The number of tetrazole rings is 1. The van der Waals surface area contributed by atoms with Crippen molar-refractivity contribution in [3.63, 3.8) is 0 Å². The van der Waals surface area contributed by atoms with Crippen molar-refractivity contribution in [2.75, 3.05) is 6.54 Å². The molecule has 1 saturated heterocycles. The molecule has 1 aromatic heterocycles. The molecule has 4 rings (SSSR count). The Morgan fingerprint density at radius 3 is 2.56 bits per heavy atom. The van der Waals surface area contributed by atoms with Crippen LogP contribution < -0.4 is 5.73 Å². The van der Waals surface area contributed by atoms with Gasteiger partial charge in [-0.05, 0) is 86.7 Å². The van der Waals surface area contributed by atoms with Crippen molar-refractivity contribution < 1.29 is 19.1 Å². The lowest BCUT2D eigenvalue weighted by molar-refractivity contribution is -0.147. The molecule has 11 nitrogen and oxygen atoms in total. The number of carbonyl (C=O) groups excluding carboxylic acids is 3. The third-order valence-corrected chi connectivity index (χ3v) is 7.54. The molecule has 39 heavy (non-hydrogen) atoms. The number of nitrogens with two attached hydrogens (primary N) is 1. The van der Waals surface area contributed by atoms with Crippen LogP contribution in [0.2, 0.25) is 5.02 Å². The van der Waals surface area contributed by atoms with Gasteiger partial charge in [0.1, 0.15) is 11.9 Å². The van der Waals surface area contributed by atoms with E-state index in [1.807, 2.05) is 11.0 Å². The molecule has 2 heterocycles. The average Bonchev–Trinajstić information content (AvgIpc) is 3.56. The lowest BCUT2D eigenvalue weighted by Crippen LogP contribution is -2.56. The number of carbonyl (C=O) groups is 3. The smallest absolute Gasteiger partial charge is 0.424 e. The molecule has 1 aromatic carbocycles. The van der Waals surface area contributed by atoms with Crippen molar-refractivity contribution >= 4 is 29.5 Å². The molecule has 212 valence electrons. The second kappa shape index (κ2) is 12.5. The zero-order chi connectivity index (χ0) is 28.2. The summed E-state index contributed by atoms with van der Waals surface area (Å²) in [7, 11) is 0. The number of halogens is 1. The Morgan fingerprint density at radius 2 is 1.90 bits per heavy atom. The Morgan fingerprint density at radius 1 is 1.15 bits per heavy atom. The van der Waals surface area contributed by atoms with Gasteiger partial charge >= 0.3 is 6.09 Å². The van der Waals surface area contributed by atoms with Crippen molar-refractivity contribution in [3.8, 4) is 5.69 Å². The largest absolute Gasteiger partial charge is 0.443 e. The first-order valence-corrected chi connectivity index (χ1v) is 14.0. The van der Waals surface area contributed by atoms with Crippen LogP contribution >= 0.6 is 11.6 Å². The van der Waals surface area contributed by atoms with E-state index in [9.17, 15) is 14.4 Å². The van der Waals surface area contributed by atoms with Gasteiger partial charge in [0.15, 0.2) is 0 Å². The van der Waals surface area contributed by atoms with Crippen LogP contribution in [-0.2, 0) is 20.9 Å². The molecule has 0 radical (unpaired) electrons. The molecule has 0 spiro atoms. The molecule has 2 N–H and O–H groups in total. The minimum Gasteiger partial charge on any atom is -0.443 e. The molecule has 2 fully saturated rings. The van der Waals surface area contributed by atoms with Gasteiger partial charge in [0.2, 0.25) is 0 Å². The summed E-state index contributed by atoms with van der Waals surface area (Å²) in [6.07, 6.45) is 7.55. The molecule has 1 saturated carbocycles. The lowest BCUT2D eigenvalue weighted by atomic mass is 9.84. The number of hydrogen-bond acceptors (Lipinski definition) is 9. The summed E-state index contributed by atoms with van der Waals surface area (Å²) in [5, 5.41) is 11.9. The zero-order valence-corrected chi connectivity index (χ0v) is 23.6. The number of aromatic nitrogens is 4. The second-order valence-electron chi connectivity index (χ2n) is 11.5. The first kappa shape index (κ1) is 29.1. The van der Waals surface area contributed by atoms with E-state index in [0.29, 0.717) is 41.8 Å². The van der Waals surface area contributed by atoms with E-state index in [0.717, 1.165) is 43.4 Å². The van der Waals surface area contributed by atoms with E-state index >= 15 is 0 Å². The van der Waals surface area contributed by atoms with E-state index < -0.39 is 35.6 Å². The average molecular weight is 560 g/mol. The highest BCUT2D eigenvalue weighted by Gasteiger charge is 2.43. The third-order valence-electron chi connectivity index (χ3n) is 7.31. The molecule has 2 aliphatic rings. The van der Waals surface area contributed by atoms with Gasteiger partial charge in [-0.1, -0.05) is 43.7 Å². The van der Waals surface area contributed by atoms with Gasteiger partial charge in [-0.3, -0.25) is 14.5 Å². The van der Waals surface area contributed by atoms with E-state index in [-0.39, 0.29) is 0 Å². The lowest BCUT2D eigenvalue weighted by Gasteiger charge is -2.32. The summed E-state index contributed by atoms with van der Waals surface area (Å²) >= 11 is 6.30. The highest BCUT2D eigenvalue weighted by Crippen LogP contribution is 2.29. The summed E-state index contributed by atoms with van der Waals surface area (Å²) in [5.74, 6) is -1.01. The fourth-order valence-corrected chi connectivity index (χ4v) is 5.68. The predicted molar refractivity (Wildman–Crippen MR) is 145 cm³/mol. The highest BCUT2D eigenvalue weighted by molar-refractivity contribution is 6.30. The summed E-state index contributed by atoms with van der Waals surface area (Å²) in [4.78, 5) is 43.4. The van der Waals surface area contributed by atoms with Crippen LogP contribution in [0.15, 0.2) is 24.5 Å². The predicted octanol–water partition coefficient (Wildman–Crippen LogP) is 3.87. The molecule has 0 unspecified atom stereocenters. The van der Waals surface area contributed by atoms with Gasteiger partial charge < -0.3 is 10.5 Å². The third kappa shape index (κ3) is 7.40. The Kier molecular flexibility index (Phi) is 9.35. The van der Waals surface area contributed by atoms with Crippen LogP contribution in [0, 0.1) is 5.92 Å². The molecule has 1 aliphatic carbocycles. The van der Waals surface area contributed by atoms with Crippen molar-refractivity contribution in [1.29, 1.82) is 0 Å². The summed E-state index contributed by atoms with van der Waals surface area (Å²) < 4.78 is 7.03. The SMILES string of the molecule is CC(C)(C)OC(=O)N(C(=O)[C@H](N)CC1CCCCC1)C(=O)[C@@H]1CCCN1Cc1cc(Cl)ccc1-n1cnnn1. The molecular weight excluding hydrogens is 522 g/mol. The van der Waals surface area contributed by atoms with Gasteiger partial charge in [-0.15, -0.1) is 5.10 Å². The number of ether oxygens (including phenoxy) is 1. The number of rotatable bonds is 7. The fourth-order valence-electron chi connectivity index (χ4n) is 5.48. The van der Waals surface area contributed by atoms with Crippen LogP contribution in [0.25, 0.3) is 5.69 Å². The Hall–Kier alpha value is -2.89. The highest BCUT2D eigenvalue weighted by atomic mass is 35.5. The maximum absolute atomic E-state index is 13.9. The number of likely N-dealkylation sites (tertiary alicyclic amines) is 1. The van der Waals surface area contributed by atoms with Crippen LogP contribution in [-0.4, -0.2) is 72.1 Å². The number of hydrogen-bond donors (Lipinski definition) is 1. The van der Waals surface area contributed by atoms with Gasteiger partial charge in [-0.2, -0.15) is 4.90 Å². The van der Waals surface area contributed by atoms with E-state index in [1.165, 1.54) is 17.4 Å². The molecule has 12 heteroatoms. The second-order valence-corrected chi connectivity index (χ2v) is 11.9. The fraction of sp³-hybridized carbons (Fsp3) is 0.630. The first-order valence-electron chi connectivity index (χ1n) is 13.7. The van der Waals surface area contributed by atoms with Crippen LogP contribution in [0.1, 0.15) is 77.7 Å². The quantitative estimate of drug-likeness (QED) is 0.536. The molecule has 0 bridgehead atoms. The van der Waals surface area contributed by atoms with Crippen molar-refractivity contribution in [1.82, 2.24) is 30.0 Å². The zero-order valence-electron chi connectivity index (χ0n) is 22.9. The Labute approximate surface area is 234 Å². The molecular formula is C27H38ClN7O4. The van der Waals surface area contributed by atoms with E-state index in [4.69, 9.17) is 22.1 Å².